The van der Waals surface area contributed by atoms with Crippen LogP contribution >= 0.6 is 0 Å². The summed E-state index contributed by atoms with van der Waals surface area (Å²) < 4.78 is 14.6. The van der Waals surface area contributed by atoms with Crippen LogP contribution < -0.4 is 10.6 Å². The van der Waals surface area contributed by atoms with Crippen LogP contribution in [0.2, 0.25) is 0 Å². The Labute approximate surface area is 224 Å². The zero-order valence-electron chi connectivity index (χ0n) is 21.9. The van der Waals surface area contributed by atoms with Gasteiger partial charge in [0.05, 0.1) is 18.4 Å². The summed E-state index contributed by atoms with van der Waals surface area (Å²) >= 11 is 0. The summed E-state index contributed by atoms with van der Waals surface area (Å²) in [6.07, 6.45) is 6.42. The molecule has 0 aromatic carbocycles. The van der Waals surface area contributed by atoms with Gasteiger partial charge in [-0.25, -0.2) is 24.0 Å². The van der Waals surface area contributed by atoms with E-state index in [4.69, 9.17) is 0 Å². The maximum Gasteiger partial charge on any atom is 0.270 e. The van der Waals surface area contributed by atoms with Gasteiger partial charge in [0, 0.05) is 41.5 Å². The molecule has 1 atom stereocenters. The van der Waals surface area contributed by atoms with Crippen LogP contribution in [0.15, 0.2) is 55.1 Å². The fraction of sp³-hybridized carbons (Fsp3) is 0.222. The summed E-state index contributed by atoms with van der Waals surface area (Å²) in [5.74, 6) is 1.48. The third-order valence-electron chi connectivity index (χ3n) is 6.08. The van der Waals surface area contributed by atoms with Crippen molar-refractivity contribution in [3.05, 3.63) is 89.1 Å². The number of aromatic amines is 1. The molecule has 0 aliphatic heterocycles. The van der Waals surface area contributed by atoms with Crippen LogP contribution in [0, 0.1) is 19.7 Å². The molecular weight excluding hydrogens is 499 g/mol. The molecule has 198 valence electrons. The lowest BCUT2D eigenvalue weighted by Gasteiger charge is -2.15. The first-order valence-corrected chi connectivity index (χ1v) is 12.4. The molecule has 1 amide bonds. The number of halogens is 1. The largest absolute Gasteiger partial charge is 0.344 e. The number of carbonyl (C=O) groups is 1. The number of rotatable bonds is 8. The van der Waals surface area contributed by atoms with E-state index in [1.54, 1.807) is 18.5 Å². The maximum atomic E-state index is 13.2. The van der Waals surface area contributed by atoms with Crippen LogP contribution in [0.25, 0.3) is 17.2 Å². The number of amides is 1. The first-order valence-electron chi connectivity index (χ1n) is 12.4. The second-order valence-corrected chi connectivity index (χ2v) is 9.11. The predicted octanol–water partition coefficient (Wildman–Crippen LogP) is 4.40. The summed E-state index contributed by atoms with van der Waals surface area (Å²) in [6, 6.07) is 8.79. The van der Waals surface area contributed by atoms with Gasteiger partial charge >= 0.3 is 0 Å². The third-order valence-corrected chi connectivity index (χ3v) is 6.08. The van der Waals surface area contributed by atoms with Crippen LogP contribution in [0.4, 0.5) is 16.0 Å². The van der Waals surface area contributed by atoms with Crippen molar-refractivity contribution in [3.8, 4) is 17.2 Å². The summed E-state index contributed by atoms with van der Waals surface area (Å²) in [4.78, 5) is 30.9. The topological polar surface area (TPSA) is 139 Å². The van der Waals surface area contributed by atoms with E-state index in [2.05, 4.69) is 45.9 Å². The van der Waals surface area contributed by atoms with Gasteiger partial charge in [0.25, 0.3) is 5.91 Å². The number of pyridine rings is 2. The van der Waals surface area contributed by atoms with Gasteiger partial charge in [-0.05, 0) is 50.5 Å². The highest BCUT2D eigenvalue weighted by Crippen LogP contribution is 2.22. The molecule has 1 unspecified atom stereocenters. The van der Waals surface area contributed by atoms with Gasteiger partial charge in [0.2, 0.25) is 0 Å². The molecule has 3 N–H and O–H groups in total. The van der Waals surface area contributed by atoms with Crippen LogP contribution in [0.5, 0.6) is 0 Å². The van der Waals surface area contributed by atoms with E-state index in [0.29, 0.717) is 40.1 Å². The number of nitrogens with zero attached hydrogens (tertiary/aromatic N) is 7. The average molecular weight is 527 g/mol. The van der Waals surface area contributed by atoms with E-state index in [1.807, 2.05) is 52.0 Å². The molecule has 11 nitrogen and oxygen atoms in total. The van der Waals surface area contributed by atoms with Crippen LogP contribution in [0.3, 0.4) is 0 Å². The first kappa shape index (κ1) is 25.6. The van der Waals surface area contributed by atoms with Crippen molar-refractivity contribution in [1.82, 2.24) is 45.2 Å². The van der Waals surface area contributed by atoms with E-state index in [-0.39, 0.29) is 11.9 Å². The quantitative estimate of drug-likeness (QED) is 0.270. The molecule has 5 heterocycles. The molecule has 0 saturated carbocycles. The molecule has 0 fully saturated rings. The molecule has 39 heavy (non-hydrogen) atoms. The monoisotopic (exact) mass is 526 g/mol. The van der Waals surface area contributed by atoms with Crippen molar-refractivity contribution in [2.24, 2.45) is 0 Å². The second-order valence-electron chi connectivity index (χ2n) is 9.11. The van der Waals surface area contributed by atoms with Gasteiger partial charge in [-0.15, -0.1) is 0 Å². The normalized spacial score (nSPS) is 11.8. The lowest BCUT2D eigenvalue weighted by molar-refractivity contribution is 0.0934. The summed E-state index contributed by atoms with van der Waals surface area (Å²) in [6.45, 7) is 7.60. The number of carbonyl (C=O) groups excluding carboxylic acids is 1. The Bertz CT molecular complexity index is 1630. The van der Waals surface area contributed by atoms with Gasteiger partial charge in [-0.1, -0.05) is 13.0 Å². The lowest BCUT2D eigenvalue weighted by Crippen LogP contribution is -2.28. The Morgan fingerprint density at radius 2 is 1.92 bits per heavy atom. The molecule has 0 spiro atoms. The predicted molar refractivity (Wildman–Crippen MR) is 143 cm³/mol. The van der Waals surface area contributed by atoms with E-state index in [1.165, 1.54) is 10.9 Å². The molecule has 0 aliphatic carbocycles. The number of hydrogen-bond acceptors (Lipinski definition) is 8. The van der Waals surface area contributed by atoms with Crippen molar-refractivity contribution in [2.45, 2.75) is 40.2 Å². The minimum Gasteiger partial charge on any atom is -0.344 e. The van der Waals surface area contributed by atoms with E-state index >= 15 is 0 Å². The highest BCUT2D eigenvalue weighted by Gasteiger charge is 2.17. The van der Waals surface area contributed by atoms with E-state index in [0.717, 1.165) is 29.6 Å². The Hall–Kier alpha value is -5.00. The number of aryl methyl sites for hydroxylation is 3. The van der Waals surface area contributed by atoms with Crippen LogP contribution in [-0.4, -0.2) is 45.8 Å². The fourth-order valence-corrected chi connectivity index (χ4v) is 4.00. The van der Waals surface area contributed by atoms with Gasteiger partial charge in [-0.3, -0.25) is 14.9 Å². The van der Waals surface area contributed by atoms with E-state index < -0.39 is 5.82 Å². The Morgan fingerprint density at radius 3 is 2.59 bits per heavy atom. The van der Waals surface area contributed by atoms with Crippen molar-refractivity contribution in [2.75, 3.05) is 5.32 Å². The molecule has 0 saturated heterocycles. The number of anilines is 2. The first-order chi connectivity index (χ1) is 18.8. The van der Waals surface area contributed by atoms with Gasteiger partial charge < -0.3 is 10.6 Å². The van der Waals surface area contributed by atoms with Gasteiger partial charge in [0.1, 0.15) is 11.5 Å². The number of H-pyrrole nitrogens is 1. The number of hydrogen-bond donors (Lipinski definition) is 3. The smallest absolute Gasteiger partial charge is 0.270 e. The van der Waals surface area contributed by atoms with Crippen molar-refractivity contribution in [3.63, 3.8) is 0 Å². The SMILES string of the molecule is CCc1cc(Nc2cc(C)nc(-c3cnc(C(=O)NC(C)c4ccc(-n5cc(F)cn5)nc4)c(C)c3)n2)n[nH]1. The zero-order valence-corrected chi connectivity index (χ0v) is 21.9. The Kier molecular flexibility index (Phi) is 7.08. The molecule has 0 radical (unpaired) electrons. The standard InChI is InChI=1S/C27H27FN10O/c1-5-21-10-23(37-36-21)34-22-9-16(3)32-26(35-22)19-8-15(2)25(30-12-19)27(39)33-17(4)18-6-7-24(29-11-18)38-14-20(28)13-31-38/h6-14,17H,5H2,1-4H3,(H,33,39)(H2,32,34,35,36,37). The average Bonchev–Trinajstić information content (AvgIpc) is 3.57. The minimum atomic E-state index is -0.444. The molecule has 0 bridgehead atoms. The Morgan fingerprint density at radius 1 is 1.08 bits per heavy atom. The molecule has 5 rings (SSSR count). The van der Waals surface area contributed by atoms with Gasteiger partial charge in [0.15, 0.2) is 23.3 Å². The van der Waals surface area contributed by atoms with Crippen molar-refractivity contribution in [1.29, 1.82) is 0 Å². The molecule has 12 heteroatoms. The van der Waals surface area contributed by atoms with Crippen molar-refractivity contribution >= 4 is 17.5 Å². The molecule has 0 aliphatic rings. The highest BCUT2D eigenvalue weighted by atomic mass is 19.1. The van der Waals surface area contributed by atoms with Gasteiger partial charge in [-0.2, -0.15) is 10.2 Å². The van der Waals surface area contributed by atoms with E-state index in [9.17, 15) is 9.18 Å². The zero-order chi connectivity index (χ0) is 27.5. The van der Waals surface area contributed by atoms with Crippen LogP contribution in [-0.2, 0) is 6.42 Å². The molecular formula is C27H27FN10O. The fourth-order valence-electron chi connectivity index (χ4n) is 4.00. The summed E-state index contributed by atoms with van der Waals surface area (Å²) in [5, 5.41) is 17.3. The lowest BCUT2D eigenvalue weighted by atomic mass is 10.1. The molecule has 5 aromatic heterocycles. The second kappa shape index (κ2) is 10.8. The number of nitrogens with one attached hydrogen (secondary N) is 3. The summed E-state index contributed by atoms with van der Waals surface area (Å²) in [7, 11) is 0. The number of aromatic nitrogens is 8. The highest BCUT2D eigenvalue weighted by molar-refractivity contribution is 5.94. The Balaban J connectivity index is 1.29. The third kappa shape index (κ3) is 5.79. The van der Waals surface area contributed by atoms with Crippen LogP contribution in [0.1, 0.15) is 52.9 Å². The maximum absolute atomic E-state index is 13.2. The molecule has 5 aromatic rings. The summed E-state index contributed by atoms with van der Waals surface area (Å²) in [5.41, 5.74) is 4.26. The minimum absolute atomic E-state index is 0.303. The van der Waals surface area contributed by atoms with Crippen molar-refractivity contribution < 1.29 is 9.18 Å².